The maximum atomic E-state index is 5.26. The van der Waals surface area contributed by atoms with Crippen LogP contribution in [0, 0.1) is 5.92 Å². The number of hydrogen-bond donors (Lipinski definition) is 2. The van der Waals surface area contributed by atoms with E-state index >= 15 is 0 Å². The smallest absolute Gasteiger partial charge is 0.187 e. The molecule has 104 valence electrons. The second kappa shape index (κ2) is 8.46. The molecule has 1 saturated carbocycles. The van der Waals surface area contributed by atoms with Crippen LogP contribution in [0.15, 0.2) is 5.10 Å². The molecule has 0 aliphatic heterocycles. The summed E-state index contributed by atoms with van der Waals surface area (Å²) in [6, 6.07) is 0.546. The summed E-state index contributed by atoms with van der Waals surface area (Å²) in [6.45, 7) is 6.52. The van der Waals surface area contributed by atoms with Crippen LogP contribution >= 0.6 is 12.2 Å². The van der Waals surface area contributed by atoms with Crippen molar-refractivity contribution < 1.29 is 0 Å². The summed E-state index contributed by atoms with van der Waals surface area (Å²) in [6.07, 6.45) is 8.69. The first-order valence-electron chi connectivity index (χ1n) is 7.17. The third-order valence-corrected chi connectivity index (χ3v) is 3.58. The largest absolute Gasteiger partial charge is 0.359 e. The van der Waals surface area contributed by atoms with Crippen LogP contribution in [0.4, 0.5) is 0 Å². The van der Waals surface area contributed by atoms with Crippen molar-refractivity contribution in [2.24, 2.45) is 11.0 Å². The van der Waals surface area contributed by atoms with Crippen molar-refractivity contribution in [2.75, 3.05) is 0 Å². The van der Waals surface area contributed by atoms with Crippen LogP contribution in [0.2, 0.25) is 0 Å². The molecule has 0 aromatic heterocycles. The first-order valence-corrected chi connectivity index (χ1v) is 7.58. The fourth-order valence-corrected chi connectivity index (χ4v) is 2.38. The number of thiocarbonyl (C=S) groups is 1. The molecule has 2 N–H and O–H groups in total. The Morgan fingerprint density at radius 2 is 1.94 bits per heavy atom. The SMILES string of the molecule is C/C(CCC(C)C)=N/NC(=S)NC1CCCCC1. The van der Waals surface area contributed by atoms with Gasteiger partial charge in [0, 0.05) is 11.8 Å². The predicted molar refractivity (Wildman–Crippen MR) is 82.9 cm³/mol. The van der Waals surface area contributed by atoms with Gasteiger partial charge >= 0.3 is 0 Å². The lowest BCUT2D eigenvalue weighted by atomic mass is 9.96. The molecule has 0 aromatic carbocycles. The zero-order chi connectivity index (χ0) is 13.4. The van der Waals surface area contributed by atoms with Gasteiger partial charge in [0.2, 0.25) is 0 Å². The minimum absolute atomic E-state index is 0.546. The van der Waals surface area contributed by atoms with E-state index in [2.05, 4.69) is 36.6 Å². The van der Waals surface area contributed by atoms with E-state index in [4.69, 9.17) is 12.2 Å². The Morgan fingerprint density at radius 3 is 2.56 bits per heavy atom. The average molecular weight is 269 g/mol. The van der Waals surface area contributed by atoms with Crippen LogP contribution in [-0.4, -0.2) is 16.9 Å². The molecule has 1 fully saturated rings. The van der Waals surface area contributed by atoms with E-state index in [1.54, 1.807) is 0 Å². The fraction of sp³-hybridized carbons (Fsp3) is 0.857. The molecule has 0 saturated heterocycles. The Hall–Kier alpha value is -0.640. The molecule has 1 aliphatic rings. The predicted octanol–water partition coefficient (Wildman–Crippen LogP) is 3.60. The number of nitrogens with zero attached hydrogens (tertiary/aromatic N) is 1. The van der Waals surface area contributed by atoms with Gasteiger partial charge in [-0.05, 0) is 50.7 Å². The van der Waals surface area contributed by atoms with Gasteiger partial charge in [-0.2, -0.15) is 5.10 Å². The van der Waals surface area contributed by atoms with Gasteiger partial charge in [-0.3, -0.25) is 5.43 Å². The Bertz CT molecular complexity index is 281. The molecule has 0 unspecified atom stereocenters. The molecule has 1 aliphatic carbocycles. The second-order valence-corrected chi connectivity index (χ2v) is 6.11. The summed E-state index contributed by atoms with van der Waals surface area (Å²) >= 11 is 5.26. The molecule has 0 bridgehead atoms. The van der Waals surface area contributed by atoms with Crippen molar-refractivity contribution >= 4 is 23.0 Å². The van der Waals surface area contributed by atoms with Gasteiger partial charge < -0.3 is 5.32 Å². The van der Waals surface area contributed by atoms with Gasteiger partial charge in [0.1, 0.15) is 0 Å². The normalized spacial score (nSPS) is 17.9. The molecule has 18 heavy (non-hydrogen) atoms. The Balaban J connectivity index is 2.20. The Labute approximate surface area is 117 Å². The van der Waals surface area contributed by atoms with Crippen molar-refractivity contribution in [1.82, 2.24) is 10.7 Å². The summed E-state index contributed by atoms with van der Waals surface area (Å²) < 4.78 is 0. The molecule has 3 nitrogen and oxygen atoms in total. The highest BCUT2D eigenvalue weighted by atomic mass is 32.1. The molecule has 0 amide bonds. The maximum absolute atomic E-state index is 5.26. The zero-order valence-electron chi connectivity index (χ0n) is 12.0. The van der Waals surface area contributed by atoms with E-state index in [9.17, 15) is 0 Å². The quantitative estimate of drug-likeness (QED) is 0.455. The third-order valence-electron chi connectivity index (χ3n) is 3.37. The Morgan fingerprint density at radius 1 is 1.28 bits per heavy atom. The topological polar surface area (TPSA) is 36.4 Å². The first-order chi connectivity index (χ1) is 8.58. The summed E-state index contributed by atoms with van der Waals surface area (Å²) in [7, 11) is 0. The van der Waals surface area contributed by atoms with E-state index in [-0.39, 0.29) is 0 Å². The number of hydrogen-bond acceptors (Lipinski definition) is 2. The van der Waals surface area contributed by atoms with Crippen molar-refractivity contribution in [3.8, 4) is 0 Å². The number of nitrogens with one attached hydrogen (secondary N) is 2. The standard InChI is InChI=1S/C14H27N3S/c1-11(2)9-10-12(3)16-17-14(18)15-13-7-5-4-6-8-13/h11,13H,4-10H2,1-3H3,(H2,15,17,18)/b16-12-. The first kappa shape index (κ1) is 15.4. The highest BCUT2D eigenvalue weighted by molar-refractivity contribution is 7.80. The fourth-order valence-electron chi connectivity index (χ4n) is 2.16. The van der Waals surface area contributed by atoms with Crippen LogP contribution in [-0.2, 0) is 0 Å². The molecule has 0 heterocycles. The van der Waals surface area contributed by atoms with Crippen molar-refractivity contribution in [3.63, 3.8) is 0 Å². The van der Waals surface area contributed by atoms with Crippen molar-refractivity contribution in [1.29, 1.82) is 0 Å². The van der Waals surface area contributed by atoms with E-state index in [1.807, 2.05) is 0 Å². The highest BCUT2D eigenvalue weighted by Gasteiger charge is 2.13. The Kier molecular flexibility index (Phi) is 7.25. The van der Waals surface area contributed by atoms with Gasteiger partial charge in [0.05, 0.1) is 0 Å². The zero-order valence-corrected chi connectivity index (χ0v) is 12.8. The molecule has 0 atom stereocenters. The third kappa shape index (κ3) is 6.94. The lowest BCUT2D eigenvalue weighted by Crippen LogP contribution is -2.41. The highest BCUT2D eigenvalue weighted by Crippen LogP contribution is 2.17. The van der Waals surface area contributed by atoms with Crippen LogP contribution in [0.25, 0.3) is 0 Å². The summed E-state index contributed by atoms with van der Waals surface area (Å²) in [4.78, 5) is 0. The van der Waals surface area contributed by atoms with Crippen LogP contribution in [0.3, 0.4) is 0 Å². The monoisotopic (exact) mass is 269 g/mol. The van der Waals surface area contributed by atoms with Crippen LogP contribution in [0.1, 0.15) is 65.7 Å². The van der Waals surface area contributed by atoms with Gasteiger partial charge in [0.15, 0.2) is 5.11 Å². The summed E-state index contributed by atoms with van der Waals surface area (Å²) in [5, 5.41) is 8.35. The number of hydrazone groups is 1. The van der Waals surface area contributed by atoms with E-state index in [1.165, 1.54) is 38.5 Å². The van der Waals surface area contributed by atoms with E-state index in [0.717, 1.165) is 18.1 Å². The molecule has 0 radical (unpaired) electrons. The van der Waals surface area contributed by atoms with Crippen molar-refractivity contribution in [2.45, 2.75) is 71.8 Å². The van der Waals surface area contributed by atoms with Gasteiger partial charge in [-0.1, -0.05) is 33.1 Å². The summed E-state index contributed by atoms with van der Waals surface area (Å²) in [5.74, 6) is 0.725. The van der Waals surface area contributed by atoms with Crippen LogP contribution < -0.4 is 10.7 Å². The number of rotatable bonds is 5. The van der Waals surface area contributed by atoms with E-state index < -0.39 is 0 Å². The van der Waals surface area contributed by atoms with E-state index in [0.29, 0.717) is 11.2 Å². The molecule has 1 rings (SSSR count). The molecule has 4 heteroatoms. The second-order valence-electron chi connectivity index (χ2n) is 5.70. The van der Waals surface area contributed by atoms with Crippen LogP contribution in [0.5, 0.6) is 0 Å². The average Bonchev–Trinajstić information content (AvgIpc) is 2.35. The lowest BCUT2D eigenvalue weighted by Gasteiger charge is -2.23. The minimum Gasteiger partial charge on any atom is -0.359 e. The molecular formula is C14H27N3S. The lowest BCUT2D eigenvalue weighted by molar-refractivity contribution is 0.412. The molecule has 0 spiro atoms. The molecular weight excluding hydrogens is 242 g/mol. The van der Waals surface area contributed by atoms with Gasteiger partial charge in [-0.15, -0.1) is 0 Å². The summed E-state index contributed by atoms with van der Waals surface area (Å²) in [5.41, 5.74) is 4.08. The van der Waals surface area contributed by atoms with Crippen molar-refractivity contribution in [3.05, 3.63) is 0 Å². The molecule has 0 aromatic rings. The minimum atomic E-state index is 0.546. The maximum Gasteiger partial charge on any atom is 0.187 e. The van der Waals surface area contributed by atoms with Gasteiger partial charge in [0.25, 0.3) is 0 Å². The van der Waals surface area contributed by atoms with Gasteiger partial charge in [-0.25, -0.2) is 0 Å².